The van der Waals surface area contributed by atoms with Crippen LogP contribution in [0.3, 0.4) is 0 Å². The minimum Gasteiger partial charge on any atom is -0.369 e. The predicted molar refractivity (Wildman–Crippen MR) is 114 cm³/mol. The second-order valence-electron chi connectivity index (χ2n) is 7.69. The van der Waals surface area contributed by atoms with Gasteiger partial charge in [-0.05, 0) is 61.4 Å². The monoisotopic (exact) mass is 485 g/mol. The van der Waals surface area contributed by atoms with Gasteiger partial charge in [0.05, 0.1) is 10.6 Å². The van der Waals surface area contributed by atoms with Gasteiger partial charge in [0.2, 0.25) is 0 Å². The summed E-state index contributed by atoms with van der Waals surface area (Å²) in [4.78, 5) is 0.0138. The number of sulfone groups is 1. The van der Waals surface area contributed by atoms with Gasteiger partial charge in [-0.25, -0.2) is 13.1 Å². The number of aromatic nitrogens is 2. The Morgan fingerprint density at radius 3 is 2.38 bits per heavy atom. The van der Waals surface area contributed by atoms with Gasteiger partial charge in [0.15, 0.2) is 21.8 Å². The number of benzene rings is 2. The highest BCUT2D eigenvalue weighted by molar-refractivity contribution is 7.90. The Kier molecular flexibility index (Phi) is 5.72. The number of alkyl halides is 3. The molecule has 0 amide bonds. The molecule has 1 unspecified atom stereocenters. The molecule has 1 fully saturated rings. The zero-order chi connectivity index (χ0) is 23.3. The quantitative estimate of drug-likeness (QED) is 0.484. The third-order valence-electron chi connectivity index (χ3n) is 5.13. The Labute approximate surface area is 187 Å². The van der Waals surface area contributed by atoms with Gasteiger partial charge in [-0.2, -0.15) is 18.3 Å². The van der Waals surface area contributed by atoms with Crippen molar-refractivity contribution in [3.05, 3.63) is 70.5 Å². The molecule has 1 aliphatic rings. The number of aliphatic hydroxyl groups excluding tert-OH is 1. The first-order valence-electron chi connectivity index (χ1n) is 9.65. The number of aliphatic hydroxyl groups is 1. The van der Waals surface area contributed by atoms with Crippen LogP contribution in [0.4, 0.5) is 18.9 Å². The first-order valence-corrected chi connectivity index (χ1v) is 11.9. The topological polar surface area (TPSA) is 84.2 Å². The Bertz CT molecular complexity index is 1250. The Hall–Kier alpha value is -2.56. The molecule has 6 nitrogen and oxygen atoms in total. The first-order chi connectivity index (χ1) is 14.9. The third kappa shape index (κ3) is 4.77. The molecule has 0 spiro atoms. The first kappa shape index (κ1) is 22.6. The van der Waals surface area contributed by atoms with E-state index in [1.54, 1.807) is 24.3 Å². The molecule has 4 rings (SSSR count). The molecule has 11 heteroatoms. The van der Waals surface area contributed by atoms with Crippen molar-refractivity contribution in [1.29, 1.82) is 0 Å². The molecule has 1 aromatic heterocycles. The Morgan fingerprint density at radius 2 is 1.81 bits per heavy atom. The lowest BCUT2D eigenvalue weighted by atomic mass is 10.2. The molecule has 1 saturated carbocycles. The molecular formula is C21H19ClF3N3O3S. The van der Waals surface area contributed by atoms with Crippen LogP contribution in [-0.4, -0.2) is 29.6 Å². The van der Waals surface area contributed by atoms with Crippen LogP contribution >= 0.6 is 11.6 Å². The second-order valence-corrected chi connectivity index (χ2v) is 10.1. The van der Waals surface area contributed by atoms with E-state index < -0.39 is 27.9 Å². The molecule has 170 valence electrons. The molecule has 1 heterocycles. The lowest BCUT2D eigenvalue weighted by Crippen LogP contribution is -2.11. The fraction of sp³-hybridized carbons (Fsp3) is 0.286. The fourth-order valence-electron chi connectivity index (χ4n) is 3.31. The van der Waals surface area contributed by atoms with E-state index in [1.807, 2.05) is 0 Å². The van der Waals surface area contributed by atoms with E-state index in [0.29, 0.717) is 17.1 Å². The molecule has 1 aliphatic carbocycles. The number of nitrogens with one attached hydrogen (secondary N) is 1. The lowest BCUT2D eigenvalue weighted by Gasteiger charge is -2.17. The van der Waals surface area contributed by atoms with Gasteiger partial charge in [-0.15, -0.1) is 0 Å². The van der Waals surface area contributed by atoms with Gasteiger partial charge in [0.1, 0.15) is 0 Å². The maximum absolute atomic E-state index is 13.1. The number of hydrogen-bond acceptors (Lipinski definition) is 5. The summed E-state index contributed by atoms with van der Waals surface area (Å²) >= 11 is 6.11. The van der Waals surface area contributed by atoms with Gasteiger partial charge in [-0.1, -0.05) is 11.6 Å². The third-order valence-corrected chi connectivity index (χ3v) is 6.58. The van der Waals surface area contributed by atoms with E-state index in [0.717, 1.165) is 25.2 Å². The zero-order valence-corrected chi connectivity index (χ0v) is 18.3. The average Bonchev–Trinajstić information content (AvgIpc) is 3.45. The molecular weight excluding hydrogens is 467 g/mol. The summed E-state index contributed by atoms with van der Waals surface area (Å²) in [5.74, 6) is 0.0579. The smallest absolute Gasteiger partial charge is 0.369 e. The van der Waals surface area contributed by atoms with Crippen LogP contribution in [0.15, 0.2) is 53.4 Å². The number of rotatable bonds is 6. The van der Waals surface area contributed by atoms with E-state index in [9.17, 15) is 26.7 Å². The highest BCUT2D eigenvalue weighted by atomic mass is 35.5. The standard InChI is InChI=1S/C21H19ClF3N3O3S/c1-32(30,31)15-8-9-17(22)16(10-15)20(29)26-13-4-6-14(7-5-13)28-18(12-2-3-12)11-19(27-28)21(23,24)25/h4-12,20,26,29H,2-3H2,1H3. The van der Waals surface area contributed by atoms with Crippen molar-refractivity contribution in [2.75, 3.05) is 11.6 Å². The summed E-state index contributed by atoms with van der Waals surface area (Å²) in [5, 5.41) is 17.2. The second kappa shape index (κ2) is 8.09. The Morgan fingerprint density at radius 1 is 1.16 bits per heavy atom. The molecule has 3 aromatic rings. The minimum absolute atomic E-state index is 0.0138. The molecule has 0 saturated heterocycles. The van der Waals surface area contributed by atoms with Gasteiger partial charge >= 0.3 is 6.18 Å². The van der Waals surface area contributed by atoms with E-state index in [1.165, 1.54) is 22.9 Å². The van der Waals surface area contributed by atoms with Gasteiger partial charge < -0.3 is 10.4 Å². The summed E-state index contributed by atoms with van der Waals surface area (Å²) < 4.78 is 64.2. The average molecular weight is 486 g/mol. The van der Waals surface area contributed by atoms with Gasteiger partial charge in [0.25, 0.3) is 0 Å². The van der Waals surface area contributed by atoms with Crippen LogP contribution in [0.2, 0.25) is 5.02 Å². The van der Waals surface area contributed by atoms with Crippen molar-refractivity contribution in [1.82, 2.24) is 9.78 Å². The number of hydrogen-bond donors (Lipinski definition) is 2. The van der Waals surface area contributed by atoms with Crippen molar-refractivity contribution in [3.8, 4) is 5.69 Å². The van der Waals surface area contributed by atoms with Crippen molar-refractivity contribution in [3.63, 3.8) is 0 Å². The summed E-state index contributed by atoms with van der Waals surface area (Å²) in [5.41, 5.74) is 0.675. The van der Waals surface area contributed by atoms with Crippen LogP contribution in [0.5, 0.6) is 0 Å². The maximum Gasteiger partial charge on any atom is 0.435 e. The highest BCUT2D eigenvalue weighted by Gasteiger charge is 2.38. The van der Waals surface area contributed by atoms with E-state index >= 15 is 0 Å². The number of halogens is 4. The summed E-state index contributed by atoms with van der Waals surface area (Å²) in [6.45, 7) is 0. The molecule has 2 aromatic carbocycles. The van der Waals surface area contributed by atoms with Crippen LogP contribution in [-0.2, 0) is 16.0 Å². The normalized spacial score (nSPS) is 15.6. The van der Waals surface area contributed by atoms with Gasteiger partial charge in [-0.3, -0.25) is 0 Å². The van der Waals surface area contributed by atoms with Crippen LogP contribution in [0, 0.1) is 0 Å². The largest absolute Gasteiger partial charge is 0.435 e. The van der Waals surface area contributed by atoms with E-state index in [4.69, 9.17) is 11.6 Å². The zero-order valence-electron chi connectivity index (χ0n) is 16.8. The highest BCUT2D eigenvalue weighted by Crippen LogP contribution is 2.43. The van der Waals surface area contributed by atoms with Crippen molar-refractivity contribution in [2.45, 2.75) is 36.1 Å². The van der Waals surface area contributed by atoms with Crippen molar-refractivity contribution >= 4 is 27.1 Å². The molecule has 1 atom stereocenters. The molecule has 0 bridgehead atoms. The summed E-state index contributed by atoms with van der Waals surface area (Å²) in [6, 6.07) is 11.4. The molecule has 0 aliphatic heterocycles. The Balaban J connectivity index is 1.57. The molecule has 0 radical (unpaired) electrons. The SMILES string of the molecule is CS(=O)(=O)c1ccc(Cl)c(C(O)Nc2ccc(-n3nc(C(F)(F)F)cc3C3CC3)cc2)c1. The molecule has 32 heavy (non-hydrogen) atoms. The van der Waals surface area contributed by atoms with Crippen molar-refractivity contribution < 1.29 is 26.7 Å². The summed E-state index contributed by atoms with van der Waals surface area (Å²) in [7, 11) is -3.49. The number of anilines is 1. The maximum atomic E-state index is 13.1. The molecule has 2 N–H and O–H groups in total. The van der Waals surface area contributed by atoms with Crippen LogP contribution in [0.1, 0.15) is 41.9 Å². The van der Waals surface area contributed by atoms with Crippen LogP contribution in [0.25, 0.3) is 5.69 Å². The van der Waals surface area contributed by atoms with Crippen LogP contribution < -0.4 is 5.32 Å². The number of nitrogens with zero attached hydrogens (tertiary/aromatic N) is 2. The van der Waals surface area contributed by atoms with Crippen molar-refractivity contribution in [2.24, 2.45) is 0 Å². The predicted octanol–water partition coefficient (Wildman–Crippen LogP) is 4.93. The van der Waals surface area contributed by atoms with E-state index in [2.05, 4.69) is 10.4 Å². The fourth-order valence-corrected chi connectivity index (χ4v) is 4.18. The summed E-state index contributed by atoms with van der Waals surface area (Å²) in [6.07, 6.45) is -3.14. The lowest BCUT2D eigenvalue weighted by molar-refractivity contribution is -0.141. The van der Waals surface area contributed by atoms with Gasteiger partial charge in [0, 0.05) is 34.1 Å². The van der Waals surface area contributed by atoms with E-state index in [-0.39, 0.29) is 21.4 Å². The minimum atomic E-state index is -4.53.